The predicted octanol–water partition coefficient (Wildman–Crippen LogP) is 5.03. The number of benzene rings is 1. The number of piperidine rings is 1. The number of aromatic nitrogens is 3. The Labute approximate surface area is 235 Å². The van der Waals surface area contributed by atoms with E-state index in [0.29, 0.717) is 24.6 Å². The molecule has 2 aliphatic rings. The van der Waals surface area contributed by atoms with E-state index in [9.17, 15) is 13.6 Å². The minimum absolute atomic E-state index is 0.204. The van der Waals surface area contributed by atoms with E-state index in [0.717, 1.165) is 41.3 Å². The van der Waals surface area contributed by atoms with Crippen LogP contribution in [0.25, 0.3) is 10.9 Å². The van der Waals surface area contributed by atoms with Crippen molar-refractivity contribution in [1.29, 1.82) is 0 Å². The summed E-state index contributed by atoms with van der Waals surface area (Å²) < 4.78 is 33.0. The summed E-state index contributed by atoms with van der Waals surface area (Å²) in [5.74, 6) is -0.553. The van der Waals surface area contributed by atoms with Gasteiger partial charge in [-0.05, 0) is 37.1 Å². The van der Waals surface area contributed by atoms with Gasteiger partial charge in [0, 0.05) is 74.5 Å². The van der Waals surface area contributed by atoms with Crippen molar-refractivity contribution in [3.63, 3.8) is 0 Å². The van der Waals surface area contributed by atoms with Crippen LogP contribution in [0.3, 0.4) is 0 Å². The summed E-state index contributed by atoms with van der Waals surface area (Å²) in [6.45, 7) is 11.9. The van der Waals surface area contributed by atoms with Gasteiger partial charge in [0.25, 0.3) is 11.8 Å². The number of anilines is 1. The molecule has 40 heavy (non-hydrogen) atoms. The first-order chi connectivity index (χ1) is 19.1. The quantitative estimate of drug-likeness (QED) is 0.457. The molecule has 0 radical (unpaired) electrons. The number of amides is 1. The van der Waals surface area contributed by atoms with E-state index in [4.69, 9.17) is 9.72 Å². The van der Waals surface area contributed by atoms with Crippen molar-refractivity contribution in [1.82, 2.24) is 25.2 Å². The minimum atomic E-state index is -2.65. The van der Waals surface area contributed by atoms with Crippen molar-refractivity contribution in [2.24, 2.45) is 5.92 Å². The number of rotatable bonds is 6. The molecule has 2 saturated heterocycles. The van der Waals surface area contributed by atoms with Crippen molar-refractivity contribution in [2.75, 3.05) is 50.8 Å². The highest BCUT2D eigenvalue weighted by Gasteiger charge is 2.37. The van der Waals surface area contributed by atoms with Crippen LogP contribution in [0.4, 0.5) is 14.6 Å². The maximum absolute atomic E-state index is 13.8. The molecule has 1 N–H and O–H groups in total. The maximum atomic E-state index is 13.8. The van der Waals surface area contributed by atoms with Crippen molar-refractivity contribution < 1.29 is 18.3 Å². The van der Waals surface area contributed by atoms with E-state index in [1.54, 1.807) is 25.4 Å². The van der Waals surface area contributed by atoms with Gasteiger partial charge in [-0.2, -0.15) is 0 Å². The Hall–Kier alpha value is -3.24. The molecule has 8 nitrogen and oxygen atoms in total. The molecular formula is C30H40F2N6O2. The smallest absolute Gasteiger partial charge is 0.252 e. The molecule has 1 unspecified atom stereocenters. The van der Waals surface area contributed by atoms with Crippen molar-refractivity contribution >= 4 is 22.6 Å². The van der Waals surface area contributed by atoms with Crippen LogP contribution in [-0.2, 0) is 4.74 Å². The summed E-state index contributed by atoms with van der Waals surface area (Å²) in [5.41, 5.74) is 2.06. The first-order valence-corrected chi connectivity index (χ1v) is 14.0. The maximum Gasteiger partial charge on any atom is 0.252 e. The number of nitrogens with one attached hydrogen (secondary N) is 1. The van der Waals surface area contributed by atoms with Gasteiger partial charge in [-0.15, -0.1) is 0 Å². The predicted molar refractivity (Wildman–Crippen MR) is 153 cm³/mol. The Morgan fingerprint density at radius 2 is 1.68 bits per heavy atom. The van der Waals surface area contributed by atoms with Gasteiger partial charge < -0.3 is 15.0 Å². The molecule has 1 amide bonds. The van der Waals surface area contributed by atoms with Crippen LogP contribution in [0.5, 0.6) is 0 Å². The Bertz CT molecular complexity index is 1250. The number of aryl methyl sites for hydroxylation is 1. The van der Waals surface area contributed by atoms with E-state index in [1.807, 2.05) is 29.2 Å². The third-order valence-electron chi connectivity index (χ3n) is 6.91. The fourth-order valence-corrected chi connectivity index (χ4v) is 4.79. The van der Waals surface area contributed by atoms with Crippen LogP contribution in [0, 0.1) is 12.8 Å². The first-order valence-electron chi connectivity index (χ1n) is 14.0. The second-order valence-electron chi connectivity index (χ2n) is 11.1. The molecular weight excluding hydrogens is 514 g/mol. The second-order valence-corrected chi connectivity index (χ2v) is 11.1. The number of halogens is 2. The number of nitrogens with zero attached hydrogens (tertiary/aromatic N) is 5. The van der Waals surface area contributed by atoms with E-state index in [1.165, 1.54) is 0 Å². The molecule has 0 bridgehead atoms. The number of carbonyl (C=O) groups is 1. The highest BCUT2D eigenvalue weighted by atomic mass is 19.3. The SMILES string of the molecule is CC(C)C.Cc1ncc(C(CNC(=O)c2cccc3nc(N4CCOCC4)ccc23)N2CCC(F)(F)CC2)cn1. The van der Waals surface area contributed by atoms with Gasteiger partial charge in [-0.1, -0.05) is 26.8 Å². The normalized spacial score (nSPS) is 18.2. The lowest BCUT2D eigenvalue weighted by Gasteiger charge is -2.37. The van der Waals surface area contributed by atoms with Crippen molar-refractivity contribution in [3.8, 4) is 0 Å². The third kappa shape index (κ3) is 7.91. The number of morpholine rings is 1. The van der Waals surface area contributed by atoms with E-state index < -0.39 is 5.92 Å². The number of hydrogen-bond donors (Lipinski definition) is 1. The molecule has 10 heteroatoms. The Morgan fingerprint density at radius 3 is 2.33 bits per heavy atom. The van der Waals surface area contributed by atoms with Crippen molar-refractivity contribution in [2.45, 2.75) is 52.5 Å². The number of pyridine rings is 1. The summed E-state index contributed by atoms with van der Waals surface area (Å²) >= 11 is 0. The third-order valence-corrected chi connectivity index (χ3v) is 6.91. The van der Waals surface area contributed by atoms with Gasteiger partial charge >= 0.3 is 0 Å². The van der Waals surface area contributed by atoms with Gasteiger partial charge in [0.2, 0.25) is 0 Å². The largest absolute Gasteiger partial charge is 0.378 e. The average Bonchev–Trinajstić information content (AvgIpc) is 2.94. The van der Waals surface area contributed by atoms with Crippen LogP contribution >= 0.6 is 0 Å². The molecule has 0 saturated carbocycles. The lowest BCUT2D eigenvalue weighted by atomic mass is 10.0. The molecule has 2 aromatic heterocycles. The van der Waals surface area contributed by atoms with Crippen LogP contribution < -0.4 is 10.2 Å². The molecule has 4 heterocycles. The summed E-state index contributed by atoms with van der Waals surface area (Å²) in [6.07, 6.45) is 3.01. The van der Waals surface area contributed by atoms with Gasteiger partial charge in [0.05, 0.1) is 24.8 Å². The van der Waals surface area contributed by atoms with Crippen LogP contribution in [0.1, 0.15) is 61.4 Å². The van der Waals surface area contributed by atoms with E-state index in [-0.39, 0.29) is 44.4 Å². The molecule has 216 valence electrons. The summed E-state index contributed by atoms with van der Waals surface area (Å²) in [6, 6.07) is 9.07. The van der Waals surface area contributed by atoms with Crippen LogP contribution in [0.2, 0.25) is 0 Å². The Morgan fingerprint density at radius 1 is 1.02 bits per heavy atom. The number of likely N-dealkylation sites (tertiary alicyclic amines) is 1. The zero-order valence-electron chi connectivity index (χ0n) is 23.9. The second kappa shape index (κ2) is 13.4. The zero-order valence-corrected chi connectivity index (χ0v) is 23.9. The molecule has 0 aliphatic carbocycles. The molecule has 5 rings (SSSR count). The fourth-order valence-electron chi connectivity index (χ4n) is 4.79. The topological polar surface area (TPSA) is 83.5 Å². The van der Waals surface area contributed by atoms with E-state index >= 15 is 0 Å². The molecule has 3 aromatic rings. The average molecular weight is 555 g/mol. The number of fused-ring (bicyclic) bond motifs is 1. The number of hydrogen-bond acceptors (Lipinski definition) is 7. The lowest BCUT2D eigenvalue weighted by Crippen LogP contribution is -2.45. The Kier molecular flexibility index (Phi) is 9.97. The molecule has 2 fully saturated rings. The summed E-state index contributed by atoms with van der Waals surface area (Å²) in [7, 11) is 0. The highest BCUT2D eigenvalue weighted by Crippen LogP contribution is 2.32. The number of alkyl halides is 2. The highest BCUT2D eigenvalue weighted by molar-refractivity contribution is 6.06. The standard InChI is InChI=1S/C26H30F2N6O2.C4H10/c1-18-29-15-19(16-30-18)23(33-9-7-26(27,28)8-10-33)17-31-25(35)21-3-2-4-22-20(21)5-6-24(32-22)34-11-13-36-14-12-34;1-4(2)3/h2-6,15-16,23H,7-14,17H2,1H3,(H,31,35);4H,1-3H3. The van der Waals surface area contributed by atoms with Gasteiger partial charge in [-0.25, -0.2) is 23.7 Å². The first kappa shape index (κ1) is 29.7. The molecule has 1 atom stereocenters. The van der Waals surface area contributed by atoms with E-state index in [2.05, 4.69) is 41.0 Å². The molecule has 2 aliphatic heterocycles. The summed E-state index contributed by atoms with van der Waals surface area (Å²) in [5, 5.41) is 3.79. The molecule has 1 aromatic carbocycles. The minimum Gasteiger partial charge on any atom is -0.378 e. The summed E-state index contributed by atoms with van der Waals surface area (Å²) in [4.78, 5) is 30.8. The fraction of sp³-hybridized carbons (Fsp3) is 0.533. The van der Waals surface area contributed by atoms with Crippen LogP contribution in [-0.4, -0.2) is 77.6 Å². The van der Waals surface area contributed by atoms with Gasteiger partial charge in [0.15, 0.2) is 0 Å². The monoisotopic (exact) mass is 554 g/mol. The van der Waals surface area contributed by atoms with Crippen molar-refractivity contribution in [3.05, 3.63) is 59.7 Å². The lowest BCUT2D eigenvalue weighted by molar-refractivity contribution is -0.0632. The van der Waals surface area contributed by atoms with Gasteiger partial charge in [-0.3, -0.25) is 9.69 Å². The Balaban J connectivity index is 0.000000867. The number of carbonyl (C=O) groups excluding carboxylic acids is 1. The van der Waals surface area contributed by atoms with Gasteiger partial charge in [0.1, 0.15) is 11.6 Å². The van der Waals surface area contributed by atoms with Crippen LogP contribution in [0.15, 0.2) is 42.7 Å². The molecule has 0 spiro atoms. The number of ether oxygens (including phenoxy) is 1. The zero-order chi connectivity index (χ0) is 28.7.